The molecule has 0 aliphatic heterocycles. The maximum atomic E-state index is 4.57. The number of hydrogen-bond acceptors (Lipinski definition) is 1. The summed E-state index contributed by atoms with van der Waals surface area (Å²) in [5.41, 5.74) is 2.92. The van der Waals surface area contributed by atoms with Crippen molar-refractivity contribution in [3.8, 4) is 0 Å². The molecule has 0 amide bonds. The Labute approximate surface area is 122 Å². The lowest BCUT2D eigenvalue weighted by atomic mass is 9.75. The monoisotopic (exact) mass is 265 g/mol. The second-order valence-electron chi connectivity index (χ2n) is 6.08. The van der Waals surface area contributed by atoms with Gasteiger partial charge in [0.05, 0.1) is 5.69 Å². The lowest BCUT2D eigenvalue weighted by molar-refractivity contribution is 0.437. The third kappa shape index (κ3) is 2.26. The molecule has 20 heavy (non-hydrogen) atoms. The summed E-state index contributed by atoms with van der Waals surface area (Å²) in [4.78, 5) is 4.57. The van der Waals surface area contributed by atoms with Crippen LogP contribution in [-0.2, 0) is 0 Å². The van der Waals surface area contributed by atoms with E-state index in [9.17, 15) is 0 Å². The van der Waals surface area contributed by atoms with Gasteiger partial charge in [-0.2, -0.15) is 0 Å². The van der Waals surface area contributed by atoms with Gasteiger partial charge in [0.1, 0.15) is 0 Å². The first-order valence-corrected chi connectivity index (χ1v) is 7.73. The average Bonchev–Trinajstić information content (AvgIpc) is 3.17. The van der Waals surface area contributed by atoms with E-state index in [2.05, 4.69) is 61.3 Å². The standard InChI is InChI=1S/C19H23N/c1-3-4-12-19(14-15(19)2)17-10-6-5-9-16(17)18-11-7-8-13-20-18/h4-9,11-13,15,17H,3,10,14H2,1-2H3. The third-order valence-corrected chi connectivity index (χ3v) is 4.85. The molecule has 1 nitrogen and oxygen atoms in total. The van der Waals surface area contributed by atoms with Crippen molar-refractivity contribution in [1.29, 1.82) is 0 Å². The van der Waals surface area contributed by atoms with Crippen LogP contribution in [0, 0.1) is 17.3 Å². The van der Waals surface area contributed by atoms with E-state index in [-0.39, 0.29) is 0 Å². The Morgan fingerprint density at radius 1 is 1.40 bits per heavy atom. The quantitative estimate of drug-likeness (QED) is 0.695. The molecule has 0 saturated heterocycles. The molecule has 0 spiro atoms. The van der Waals surface area contributed by atoms with Gasteiger partial charge >= 0.3 is 0 Å². The van der Waals surface area contributed by atoms with Gasteiger partial charge in [0.2, 0.25) is 0 Å². The van der Waals surface area contributed by atoms with Crippen molar-refractivity contribution in [2.45, 2.75) is 33.1 Å². The van der Waals surface area contributed by atoms with Crippen molar-refractivity contribution >= 4 is 5.57 Å². The topological polar surface area (TPSA) is 12.9 Å². The minimum atomic E-state index is 0.365. The van der Waals surface area contributed by atoms with Crippen molar-refractivity contribution in [3.05, 3.63) is 60.5 Å². The first-order chi connectivity index (χ1) is 9.78. The van der Waals surface area contributed by atoms with Gasteiger partial charge in [-0.1, -0.05) is 50.3 Å². The van der Waals surface area contributed by atoms with E-state index in [0.717, 1.165) is 24.5 Å². The minimum Gasteiger partial charge on any atom is -0.257 e. The average molecular weight is 265 g/mol. The smallest absolute Gasteiger partial charge is 0.0664 e. The number of aromatic nitrogens is 1. The Bertz CT molecular complexity index is 552. The van der Waals surface area contributed by atoms with Crippen LogP contribution in [-0.4, -0.2) is 4.98 Å². The van der Waals surface area contributed by atoms with Gasteiger partial charge < -0.3 is 0 Å². The molecule has 104 valence electrons. The Morgan fingerprint density at radius 2 is 2.25 bits per heavy atom. The molecule has 1 heteroatoms. The molecule has 2 aliphatic carbocycles. The predicted octanol–water partition coefficient (Wildman–Crippen LogP) is 5.03. The molecule has 1 heterocycles. The van der Waals surface area contributed by atoms with Crippen LogP contribution in [0.25, 0.3) is 5.57 Å². The lowest BCUT2D eigenvalue weighted by Gasteiger charge is -2.29. The molecule has 3 rings (SSSR count). The molecule has 1 aromatic heterocycles. The number of allylic oxidation sites excluding steroid dienone is 6. The largest absolute Gasteiger partial charge is 0.257 e. The van der Waals surface area contributed by atoms with E-state index < -0.39 is 0 Å². The summed E-state index contributed by atoms with van der Waals surface area (Å²) >= 11 is 0. The van der Waals surface area contributed by atoms with Crippen LogP contribution in [0.4, 0.5) is 0 Å². The molecule has 1 saturated carbocycles. The van der Waals surface area contributed by atoms with Crippen LogP contribution >= 0.6 is 0 Å². The minimum absolute atomic E-state index is 0.365. The van der Waals surface area contributed by atoms with Crippen LogP contribution in [0.15, 0.2) is 54.8 Å². The Morgan fingerprint density at radius 3 is 2.90 bits per heavy atom. The van der Waals surface area contributed by atoms with Crippen LogP contribution in [0.3, 0.4) is 0 Å². The fourth-order valence-electron chi connectivity index (χ4n) is 3.58. The zero-order valence-electron chi connectivity index (χ0n) is 12.4. The molecule has 0 aromatic carbocycles. The highest BCUT2D eigenvalue weighted by Crippen LogP contribution is 2.63. The zero-order chi connectivity index (χ0) is 14.0. The van der Waals surface area contributed by atoms with E-state index in [4.69, 9.17) is 0 Å². The van der Waals surface area contributed by atoms with Crippen molar-refractivity contribution in [2.75, 3.05) is 0 Å². The molecule has 0 bridgehead atoms. The number of rotatable bonds is 4. The normalized spacial score (nSPS) is 32.4. The van der Waals surface area contributed by atoms with Gasteiger partial charge in [0.25, 0.3) is 0 Å². The van der Waals surface area contributed by atoms with Gasteiger partial charge in [-0.15, -0.1) is 0 Å². The lowest BCUT2D eigenvalue weighted by Crippen LogP contribution is -2.19. The van der Waals surface area contributed by atoms with Gasteiger partial charge in [0.15, 0.2) is 0 Å². The Kier molecular flexibility index (Phi) is 3.60. The second kappa shape index (κ2) is 5.40. The fraction of sp³-hybridized carbons (Fsp3) is 0.421. The Balaban J connectivity index is 1.95. The zero-order valence-corrected chi connectivity index (χ0v) is 12.4. The summed E-state index contributed by atoms with van der Waals surface area (Å²) in [5.74, 6) is 1.37. The van der Waals surface area contributed by atoms with Crippen molar-refractivity contribution < 1.29 is 0 Å². The summed E-state index contributed by atoms with van der Waals surface area (Å²) in [6.45, 7) is 4.60. The molecular formula is C19H23N. The highest BCUT2D eigenvalue weighted by atomic mass is 14.7. The number of hydrogen-bond donors (Lipinski definition) is 0. The van der Waals surface area contributed by atoms with Crippen molar-refractivity contribution in [3.63, 3.8) is 0 Å². The van der Waals surface area contributed by atoms with Gasteiger partial charge in [-0.25, -0.2) is 0 Å². The molecule has 1 fully saturated rings. The molecular weight excluding hydrogens is 242 g/mol. The highest BCUT2D eigenvalue weighted by molar-refractivity contribution is 5.69. The summed E-state index contributed by atoms with van der Waals surface area (Å²) < 4.78 is 0. The highest BCUT2D eigenvalue weighted by Gasteiger charge is 2.55. The van der Waals surface area contributed by atoms with E-state index in [0.29, 0.717) is 11.3 Å². The summed E-state index contributed by atoms with van der Waals surface area (Å²) in [6.07, 6.45) is 17.1. The van der Waals surface area contributed by atoms with E-state index in [1.165, 1.54) is 12.0 Å². The Hall–Kier alpha value is -1.63. The fourth-order valence-corrected chi connectivity index (χ4v) is 3.58. The van der Waals surface area contributed by atoms with Crippen LogP contribution in [0.5, 0.6) is 0 Å². The maximum absolute atomic E-state index is 4.57. The molecule has 1 aromatic rings. The molecule has 0 radical (unpaired) electrons. The van der Waals surface area contributed by atoms with E-state index in [1.54, 1.807) is 0 Å². The van der Waals surface area contributed by atoms with Crippen molar-refractivity contribution in [2.24, 2.45) is 17.3 Å². The van der Waals surface area contributed by atoms with E-state index in [1.807, 2.05) is 12.3 Å². The maximum Gasteiger partial charge on any atom is 0.0664 e. The summed E-state index contributed by atoms with van der Waals surface area (Å²) in [7, 11) is 0. The van der Waals surface area contributed by atoms with Gasteiger partial charge in [0, 0.05) is 6.20 Å². The SMILES string of the molecule is CCC=CC1(C2CC=CC=C2c2ccccn2)CC1C. The number of nitrogens with zero attached hydrogens (tertiary/aromatic N) is 1. The number of pyridine rings is 1. The molecule has 2 aliphatic rings. The first kappa shape index (κ1) is 13.4. The predicted molar refractivity (Wildman–Crippen MR) is 85.1 cm³/mol. The summed E-state index contributed by atoms with van der Waals surface area (Å²) in [5, 5.41) is 0. The van der Waals surface area contributed by atoms with E-state index >= 15 is 0 Å². The van der Waals surface area contributed by atoms with Crippen molar-refractivity contribution in [1.82, 2.24) is 4.98 Å². The third-order valence-electron chi connectivity index (χ3n) is 4.85. The van der Waals surface area contributed by atoms with Crippen LogP contribution in [0.1, 0.15) is 38.8 Å². The molecule has 0 N–H and O–H groups in total. The molecule has 3 atom stereocenters. The van der Waals surface area contributed by atoms with Crippen LogP contribution < -0.4 is 0 Å². The summed E-state index contributed by atoms with van der Waals surface area (Å²) in [6, 6.07) is 6.22. The second-order valence-corrected chi connectivity index (χ2v) is 6.08. The van der Waals surface area contributed by atoms with Gasteiger partial charge in [-0.3, -0.25) is 4.98 Å². The van der Waals surface area contributed by atoms with Gasteiger partial charge in [-0.05, 0) is 54.2 Å². The molecule has 3 unspecified atom stereocenters. The first-order valence-electron chi connectivity index (χ1n) is 7.73. The van der Waals surface area contributed by atoms with Crippen LogP contribution in [0.2, 0.25) is 0 Å².